The van der Waals surface area contributed by atoms with Crippen molar-refractivity contribution in [2.24, 2.45) is 0 Å². The van der Waals surface area contributed by atoms with Crippen LogP contribution >= 0.6 is 0 Å². The summed E-state index contributed by atoms with van der Waals surface area (Å²) in [6.07, 6.45) is 3.80. The molecular weight excluding hydrogens is 189 g/mol. The average Bonchev–Trinajstić information content (AvgIpc) is 2.30. The highest BCUT2D eigenvalue weighted by Crippen LogP contribution is 2.30. The Kier molecular flexibility index (Phi) is 3.37. The van der Waals surface area contributed by atoms with E-state index >= 15 is 0 Å². The summed E-state index contributed by atoms with van der Waals surface area (Å²) in [6.45, 7) is 4.46. The minimum Gasteiger partial charge on any atom is -0.297 e. The fourth-order valence-corrected chi connectivity index (χ4v) is 2.43. The van der Waals surface area contributed by atoms with Crippen molar-refractivity contribution in [2.75, 3.05) is 13.1 Å². The van der Waals surface area contributed by atoms with Gasteiger partial charge in [0.2, 0.25) is 0 Å². The van der Waals surface area contributed by atoms with Crippen molar-refractivity contribution in [2.45, 2.75) is 32.2 Å². The molecule has 1 atom stereocenters. The Morgan fingerprint density at radius 3 is 2.67 bits per heavy atom. The fourth-order valence-electron chi connectivity index (χ4n) is 2.43. The number of piperidine rings is 1. The molecule has 1 saturated heterocycles. The second-order valence-corrected chi connectivity index (χ2v) is 4.19. The summed E-state index contributed by atoms with van der Waals surface area (Å²) in [5.74, 6) is -0.141. The molecule has 15 heavy (non-hydrogen) atoms. The van der Waals surface area contributed by atoms with Gasteiger partial charge in [-0.1, -0.05) is 25.5 Å². The van der Waals surface area contributed by atoms with Crippen molar-refractivity contribution in [1.82, 2.24) is 4.90 Å². The van der Waals surface area contributed by atoms with Crippen LogP contribution in [0.5, 0.6) is 0 Å². The van der Waals surface area contributed by atoms with Crippen LogP contribution in [0.3, 0.4) is 0 Å². The summed E-state index contributed by atoms with van der Waals surface area (Å²) in [4.78, 5) is 2.48. The van der Waals surface area contributed by atoms with Gasteiger partial charge < -0.3 is 0 Å². The molecule has 0 aromatic heterocycles. The summed E-state index contributed by atoms with van der Waals surface area (Å²) >= 11 is 0. The minimum atomic E-state index is -0.141. The third-order valence-corrected chi connectivity index (χ3v) is 3.27. The largest absolute Gasteiger partial charge is 0.297 e. The van der Waals surface area contributed by atoms with Crippen LogP contribution in [-0.4, -0.2) is 18.0 Å². The second-order valence-electron chi connectivity index (χ2n) is 4.19. The quantitative estimate of drug-likeness (QED) is 0.718. The SMILES string of the molecule is CCN1CCCC[C@@H]1c1ccc(F)cc1. The van der Waals surface area contributed by atoms with Gasteiger partial charge in [-0.25, -0.2) is 4.39 Å². The van der Waals surface area contributed by atoms with Crippen molar-refractivity contribution in [3.8, 4) is 0 Å². The number of halogens is 1. The van der Waals surface area contributed by atoms with Crippen molar-refractivity contribution in [3.05, 3.63) is 35.6 Å². The molecule has 1 aliphatic heterocycles. The summed E-state index contributed by atoms with van der Waals surface area (Å²) < 4.78 is 12.8. The maximum absolute atomic E-state index is 12.8. The summed E-state index contributed by atoms with van der Waals surface area (Å²) in [6, 6.07) is 7.49. The summed E-state index contributed by atoms with van der Waals surface area (Å²) in [5, 5.41) is 0. The molecule has 0 amide bonds. The van der Waals surface area contributed by atoms with Crippen molar-refractivity contribution >= 4 is 0 Å². The number of likely N-dealkylation sites (tertiary alicyclic amines) is 1. The molecule has 1 aromatic rings. The van der Waals surface area contributed by atoms with Crippen molar-refractivity contribution < 1.29 is 4.39 Å². The number of benzene rings is 1. The Hall–Kier alpha value is -0.890. The standard InChI is InChI=1S/C13H18FN/c1-2-15-10-4-3-5-13(15)11-6-8-12(14)9-7-11/h6-9,13H,2-5,10H2,1H3/t13-/m1/s1. The lowest BCUT2D eigenvalue weighted by Crippen LogP contribution is -2.33. The summed E-state index contributed by atoms with van der Waals surface area (Å²) in [7, 11) is 0. The third kappa shape index (κ3) is 2.37. The number of rotatable bonds is 2. The van der Waals surface area contributed by atoms with Crippen LogP contribution in [0.15, 0.2) is 24.3 Å². The lowest BCUT2D eigenvalue weighted by Gasteiger charge is -2.35. The molecule has 1 fully saturated rings. The van der Waals surface area contributed by atoms with E-state index in [1.807, 2.05) is 12.1 Å². The number of hydrogen-bond donors (Lipinski definition) is 0. The first-order valence-electron chi connectivity index (χ1n) is 5.81. The minimum absolute atomic E-state index is 0.141. The van der Waals surface area contributed by atoms with E-state index in [9.17, 15) is 4.39 Å². The van der Waals surface area contributed by atoms with E-state index in [4.69, 9.17) is 0 Å². The molecule has 1 nitrogen and oxygen atoms in total. The first-order chi connectivity index (χ1) is 7.31. The Bertz CT molecular complexity index is 307. The van der Waals surface area contributed by atoms with E-state index in [0.29, 0.717) is 6.04 Å². The van der Waals surface area contributed by atoms with Gasteiger partial charge in [0.15, 0.2) is 0 Å². The zero-order valence-corrected chi connectivity index (χ0v) is 9.25. The van der Waals surface area contributed by atoms with Crippen LogP contribution in [0.25, 0.3) is 0 Å². The smallest absolute Gasteiger partial charge is 0.123 e. The molecule has 0 radical (unpaired) electrons. The van der Waals surface area contributed by atoms with E-state index in [1.54, 1.807) is 12.1 Å². The molecule has 0 unspecified atom stereocenters. The van der Waals surface area contributed by atoms with Gasteiger partial charge in [-0.15, -0.1) is 0 Å². The molecule has 2 rings (SSSR count). The molecule has 1 heterocycles. The average molecular weight is 207 g/mol. The van der Waals surface area contributed by atoms with Crippen molar-refractivity contribution in [3.63, 3.8) is 0 Å². The first-order valence-corrected chi connectivity index (χ1v) is 5.81. The molecule has 0 saturated carbocycles. The predicted octanol–water partition coefficient (Wildman–Crippen LogP) is 3.37. The van der Waals surface area contributed by atoms with Crippen LogP contribution in [0.2, 0.25) is 0 Å². The predicted molar refractivity (Wildman–Crippen MR) is 60.2 cm³/mol. The van der Waals surface area contributed by atoms with E-state index in [1.165, 1.54) is 31.4 Å². The second kappa shape index (κ2) is 4.75. The van der Waals surface area contributed by atoms with Gasteiger partial charge in [0.05, 0.1) is 0 Å². The lowest BCUT2D eigenvalue weighted by atomic mass is 9.95. The van der Waals surface area contributed by atoms with Crippen LogP contribution in [-0.2, 0) is 0 Å². The van der Waals surface area contributed by atoms with Crippen LogP contribution in [0, 0.1) is 5.82 Å². The van der Waals surface area contributed by atoms with Crippen LogP contribution in [0.4, 0.5) is 4.39 Å². The number of hydrogen-bond acceptors (Lipinski definition) is 1. The first kappa shape index (κ1) is 10.6. The van der Waals surface area contributed by atoms with Gasteiger partial charge in [-0.2, -0.15) is 0 Å². The number of nitrogens with zero attached hydrogens (tertiary/aromatic N) is 1. The molecule has 0 aliphatic carbocycles. The topological polar surface area (TPSA) is 3.24 Å². The van der Waals surface area contributed by atoms with Gasteiger partial charge >= 0.3 is 0 Å². The fraction of sp³-hybridized carbons (Fsp3) is 0.538. The van der Waals surface area contributed by atoms with Crippen molar-refractivity contribution in [1.29, 1.82) is 0 Å². The molecule has 0 spiro atoms. The monoisotopic (exact) mass is 207 g/mol. The molecule has 1 aliphatic rings. The lowest BCUT2D eigenvalue weighted by molar-refractivity contribution is 0.157. The highest BCUT2D eigenvalue weighted by molar-refractivity contribution is 5.20. The van der Waals surface area contributed by atoms with Gasteiger partial charge in [0.1, 0.15) is 5.82 Å². The Balaban J connectivity index is 2.16. The zero-order chi connectivity index (χ0) is 10.7. The molecule has 0 N–H and O–H groups in total. The summed E-state index contributed by atoms with van der Waals surface area (Å²) in [5.41, 5.74) is 1.26. The van der Waals surface area contributed by atoms with E-state index in [2.05, 4.69) is 11.8 Å². The Morgan fingerprint density at radius 1 is 1.27 bits per heavy atom. The Labute approximate surface area is 90.9 Å². The Morgan fingerprint density at radius 2 is 2.00 bits per heavy atom. The molecule has 82 valence electrons. The van der Waals surface area contributed by atoms with E-state index in [0.717, 1.165) is 6.54 Å². The zero-order valence-electron chi connectivity index (χ0n) is 9.25. The highest BCUT2D eigenvalue weighted by Gasteiger charge is 2.22. The van der Waals surface area contributed by atoms with E-state index < -0.39 is 0 Å². The van der Waals surface area contributed by atoms with Gasteiger partial charge in [-0.3, -0.25) is 4.90 Å². The van der Waals surface area contributed by atoms with Crippen LogP contribution in [0.1, 0.15) is 37.8 Å². The third-order valence-electron chi connectivity index (χ3n) is 3.27. The van der Waals surface area contributed by atoms with Gasteiger partial charge in [0.25, 0.3) is 0 Å². The molecule has 1 aromatic carbocycles. The molecular formula is C13H18FN. The van der Waals surface area contributed by atoms with Crippen LogP contribution < -0.4 is 0 Å². The molecule has 2 heteroatoms. The maximum Gasteiger partial charge on any atom is 0.123 e. The van der Waals surface area contributed by atoms with Gasteiger partial charge in [0, 0.05) is 6.04 Å². The molecule has 0 bridgehead atoms. The maximum atomic E-state index is 12.8. The highest BCUT2D eigenvalue weighted by atomic mass is 19.1. The normalized spacial score (nSPS) is 22.9. The van der Waals surface area contributed by atoms with Gasteiger partial charge in [-0.05, 0) is 43.6 Å². The van der Waals surface area contributed by atoms with E-state index in [-0.39, 0.29) is 5.82 Å².